The van der Waals surface area contributed by atoms with Gasteiger partial charge in [0.2, 0.25) is 0 Å². The molecule has 1 nitrogen and oxygen atoms in total. The van der Waals surface area contributed by atoms with Gasteiger partial charge in [-0.3, -0.25) is 4.79 Å². The summed E-state index contributed by atoms with van der Waals surface area (Å²) < 4.78 is 50.9. The number of hydrogen-bond donors (Lipinski definition) is 0. The van der Waals surface area contributed by atoms with E-state index in [0.717, 1.165) is 18.6 Å². The van der Waals surface area contributed by atoms with Gasteiger partial charge in [0.1, 0.15) is 11.6 Å². The molecule has 0 N–H and O–H groups in total. The zero-order valence-corrected chi connectivity index (χ0v) is 10.4. The van der Waals surface area contributed by atoms with Crippen LogP contribution in [0.2, 0.25) is 0 Å². The lowest BCUT2D eigenvalue weighted by molar-refractivity contribution is -0.140. The smallest absolute Gasteiger partial charge is 0.299 e. The van der Waals surface area contributed by atoms with Crippen LogP contribution in [0.25, 0.3) is 0 Å². The number of Topliss-reactive ketones (excluding diaryl/α,β-unsaturated/α-hetero) is 1. The predicted octanol–water partition coefficient (Wildman–Crippen LogP) is 4.32. The number of benzene rings is 1. The zero-order chi connectivity index (χ0) is 14.2. The van der Waals surface area contributed by atoms with Crippen molar-refractivity contribution < 1.29 is 22.4 Å². The van der Waals surface area contributed by atoms with Crippen molar-refractivity contribution in [2.45, 2.75) is 38.3 Å². The SMILES string of the molecule is C[C@H]1CCC(=O)C(c2ccc(C(F)(F)F)c(F)c2)C1. The van der Waals surface area contributed by atoms with Crippen LogP contribution in [0, 0.1) is 11.7 Å². The summed E-state index contributed by atoms with van der Waals surface area (Å²) in [7, 11) is 0. The van der Waals surface area contributed by atoms with Gasteiger partial charge >= 0.3 is 6.18 Å². The summed E-state index contributed by atoms with van der Waals surface area (Å²) in [6, 6.07) is 2.78. The molecule has 2 rings (SSSR count). The van der Waals surface area contributed by atoms with E-state index in [0.29, 0.717) is 24.3 Å². The Morgan fingerprint density at radius 2 is 1.95 bits per heavy atom. The van der Waals surface area contributed by atoms with Crippen LogP contribution in [0.4, 0.5) is 17.6 Å². The molecule has 19 heavy (non-hydrogen) atoms. The van der Waals surface area contributed by atoms with Gasteiger partial charge in [-0.15, -0.1) is 0 Å². The predicted molar refractivity (Wildman–Crippen MR) is 62.2 cm³/mol. The summed E-state index contributed by atoms with van der Waals surface area (Å²) in [6.07, 6.45) is -2.93. The van der Waals surface area contributed by atoms with Crippen molar-refractivity contribution in [3.8, 4) is 0 Å². The second kappa shape index (κ2) is 4.94. The molecule has 1 aliphatic rings. The summed E-state index contributed by atoms with van der Waals surface area (Å²) in [5.74, 6) is -1.47. The Bertz CT molecular complexity index is 493. The van der Waals surface area contributed by atoms with Gasteiger partial charge in [-0.2, -0.15) is 13.2 Å². The second-order valence-electron chi connectivity index (χ2n) is 5.14. The Hall–Kier alpha value is -1.39. The van der Waals surface area contributed by atoms with Gasteiger partial charge in [-0.1, -0.05) is 13.0 Å². The quantitative estimate of drug-likeness (QED) is 0.697. The first-order chi connectivity index (χ1) is 8.79. The molecule has 0 spiro atoms. The summed E-state index contributed by atoms with van der Waals surface area (Å²) in [4.78, 5) is 11.8. The average molecular weight is 274 g/mol. The van der Waals surface area contributed by atoms with Crippen LogP contribution in [0.5, 0.6) is 0 Å². The fraction of sp³-hybridized carbons (Fsp3) is 0.500. The lowest BCUT2D eigenvalue weighted by atomic mass is 9.78. The van der Waals surface area contributed by atoms with Gasteiger partial charge in [0.15, 0.2) is 0 Å². The van der Waals surface area contributed by atoms with Gasteiger partial charge in [0, 0.05) is 12.3 Å². The summed E-state index contributed by atoms with van der Waals surface area (Å²) >= 11 is 0. The molecule has 1 fully saturated rings. The lowest BCUT2D eigenvalue weighted by Crippen LogP contribution is -2.22. The van der Waals surface area contributed by atoms with Crippen LogP contribution in [-0.2, 0) is 11.0 Å². The highest BCUT2D eigenvalue weighted by molar-refractivity contribution is 5.86. The maximum Gasteiger partial charge on any atom is 0.419 e. The number of carbonyl (C=O) groups excluding carboxylic acids is 1. The highest BCUT2D eigenvalue weighted by Gasteiger charge is 2.35. The van der Waals surface area contributed by atoms with E-state index in [9.17, 15) is 22.4 Å². The van der Waals surface area contributed by atoms with E-state index in [4.69, 9.17) is 0 Å². The van der Waals surface area contributed by atoms with E-state index in [1.54, 1.807) is 0 Å². The van der Waals surface area contributed by atoms with Crippen LogP contribution in [0.1, 0.15) is 43.2 Å². The average Bonchev–Trinajstić information content (AvgIpc) is 2.30. The minimum absolute atomic E-state index is 0.0164. The van der Waals surface area contributed by atoms with E-state index in [1.165, 1.54) is 6.07 Å². The third kappa shape index (κ3) is 2.96. The summed E-state index contributed by atoms with van der Waals surface area (Å²) in [6.45, 7) is 1.99. The highest BCUT2D eigenvalue weighted by atomic mass is 19.4. The molecule has 0 radical (unpaired) electrons. The Balaban J connectivity index is 2.31. The molecule has 104 valence electrons. The van der Waals surface area contributed by atoms with Crippen molar-refractivity contribution in [3.05, 3.63) is 35.1 Å². The standard InChI is InChI=1S/C14H14F4O/c1-8-2-5-13(19)10(6-8)9-3-4-11(12(15)7-9)14(16,17)18/h3-4,7-8,10H,2,5-6H2,1H3/t8-,10?/m0/s1. The Kier molecular flexibility index (Phi) is 3.65. The summed E-state index contributed by atoms with van der Waals surface area (Å²) in [5.41, 5.74) is -0.936. The molecule has 1 aliphatic carbocycles. The van der Waals surface area contributed by atoms with Crippen LogP contribution in [-0.4, -0.2) is 5.78 Å². The number of hydrogen-bond acceptors (Lipinski definition) is 1. The Morgan fingerprint density at radius 1 is 1.26 bits per heavy atom. The molecule has 0 saturated heterocycles. The molecule has 0 bridgehead atoms. The van der Waals surface area contributed by atoms with Gasteiger partial charge in [0.05, 0.1) is 5.56 Å². The van der Waals surface area contributed by atoms with E-state index >= 15 is 0 Å². The zero-order valence-electron chi connectivity index (χ0n) is 10.4. The number of halogens is 4. The normalized spacial score (nSPS) is 24.6. The van der Waals surface area contributed by atoms with Crippen molar-refractivity contribution >= 4 is 5.78 Å². The molecule has 1 aromatic rings. The number of rotatable bonds is 1. The first kappa shape index (κ1) is 14.0. The van der Waals surface area contributed by atoms with E-state index in [2.05, 4.69) is 0 Å². The maximum absolute atomic E-state index is 13.5. The topological polar surface area (TPSA) is 17.1 Å². The van der Waals surface area contributed by atoms with Gasteiger partial charge in [-0.25, -0.2) is 4.39 Å². The van der Waals surface area contributed by atoms with Crippen LogP contribution < -0.4 is 0 Å². The fourth-order valence-electron chi connectivity index (χ4n) is 2.51. The first-order valence-corrected chi connectivity index (χ1v) is 6.18. The van der Waals surface area contributed by atoms with Crippen molar-refractivity contribution in [1.29, 1.82) is 0 Å². The Labute approximate surface area is 108 Å². The number of alkyl halides is 3. The largest absolute Gasteiger partial charge is 0.419 e. The molecular formula is C14H14F4O. The number of ketones is 1. The van der Waals surface area contributed by atoms with E-state index in [-0.39, 0.29) is 5.78 Å². The molecule has 0 aliphatic heterocycles. The fourth-order valence-corrected chi connectivity index (χ4v) is 2.51. The minimum Gasteiger partial charge on any atom is -0.299 e. The highest BCUT2D eigenvalue weighted by Crippen LogP contribution is 2.36. The molecule has 2 atom stereocenters. The molecule has 5 heteroatoms. The van der Waals surface area contributed by atoms with Gasteiger partial charge in [-0.05, 0) is 36.5 Å². The van der Waals surface area contributed by atoms with Crippen molar-refractivity contribution in [2.24, 2.45) is 5.92 Å². The van der Waals surface area contributed by atoms with Crippen LogP contribution in [0.15, 0.2) is 18.2 Å². The van der Waals surface area contributed by atoms with Crippen molar-refractivity contribution in [1.82, 2.24) is 0 Å². The maximum atomic E-state index is 13.5. The molecule has 1 unspecified atom stereocenters. The van der Waals surface area contributed by atoms with Crippen LogP contribution >= 0.6 is 0 Å². The molecule has 0 aromatic heterocycles. The Morgan fingerprint density at radius 3 is 2.53 bits per heavy atom. The molecular weight excluding hydrogens is 260 g/mol. The first-order valence-electron chi connectivity index (χ1n) is 6.18. The molecule has 0 heterocycles. The van der Waals surface area contributed by atoms with E-state index < -0.39 is 23.5 Å². The monoisotopic (exact) mass is 274 g/mol. The molecule has 0 amide bonds. The summed E-state index contributed by atoms with van der Waals surface area (Å²) in [5, 5.41) is 0. The minimum atomic E-state index is -4.70. The van der Waals surface area contributed by atoms with E-state index in [1.807, 2.05) is 6.92 Å². The lowest BCUT2D eigenvalue weighted by Gasteiger charge is -2.26. The van der Waals surface area contributed by atoms with Gasteiger partial charge in [0.25, 0.3) is 0 Å². The molecule has 1 aromatic carbocycles. The van der Waals surface area contributed by atoms with Crippen molar-refractivity contribution in [2.75, 3.05) is 0 Å². The van der Waals surface area contributed by atoms with Crippen LogP contribution in [0.3, 0.4) is 0 Å². The third-order valence-electron chi connectivity index (χ3n) is 3.61. The molecule has 1 saturated carbocycles. The third-order valence-corrected chi connectivity index (χ3v) is 3.61. The van der Waals surface area contributed by atoms with Gasteiger partial charge < -0.3 is 0 Å². The second-order valence-corrected chi connectivity index (χ2v) is 5.14. The number of carbonyl (C=O) groups is 1. The van der Waals surface area contributed by atoms with Crippen molar-refractivity contribution in [3.63, 3.8) is 0 Å².